The van der Waals surface area contributed by atoms with Crippen LogP contribution in [0.5, 0.6) is 0 Å². The van der Waals surface area contributed by atoms with Crippen LogP contribution in [0.2, 0.25) is 0 Å². The first-order chi connectivity index (χ1) is 10.4. The van der Waals surface area contributed by atoms with Gasteiger partial charge < -0.3 is 5.32 Å². The minimum Gasteiger partial charge on any atom is -0.307 e. The minimum atomic E-state index is 0.850. The van der Waals surface area contributed by atoms with Crippen LogP contribution >= 0.6 is 0 Å². The van der Waals surface area contributed by atoms with E-state index in [0.29, 0.717) is 0 Å². The molecule has 0 aliphatic carbocycles. The van der Waals surface area contributed by atoms with Crippen LogP contribution in [0.25, 0.3) is 10.8 Å². The fourth-order valence-corrected chi connectivity index (χ4v) is 2.70. The van der Waals surface area contributed by atoms with E-state index in [4.69, 9.17) is 0 Å². The Morgan fingerprint density at radius 1 is 1.00 bits per heavy atom. The highest BCUT2D eigenvalue weighted by atomic mass is 15.3. The lowest BCUT2D eigenvalue weighted by atomic mass is 10.0. The Bertz CT molecular complexity index is 710. The average Bonchev–Trinajstić information content (AvgIpc) is 2.95. The molecule has 0 atom stereocenters. The second-order valence-electron chi connectivity index (χ2n) is 5.29. The van der Waals surface area contributed by atoms with Gasteiger partial charge in [0.1, 0.15) is 0 Å². The molecule has 3 aromatic rings. The van der Waals surface area contributed by atoms with Crippen LogP contribution in [0, 0.1) is 0 Å². The number of hydrogen-bond acceptors (Lipinski definition) is 2. The molecule has 0 aliphatic heterocycles. The smallest absolute Gasteiger partial charge is 0.0522 e. The molecule has 21 heavy (non-hydrogen) atoms. The maximum Gasteiger partial charge on any atom is 0.0522 e. The third-order valence-electron chi connectivity index (χ3n) is 3.74. The molecule has 3 nitrogen and oxygen atoms in total. The Morgan fingerprint density at radius 3 is 2.76 bits per heavy atom. The quantitative estimate of drug-likeness (QED) is 0.745. The van der Waals surface area contributed by atoms with Crippen LogP contribution < -0.4 is 5.32 Å². The highest BCUT2D eigenvalue weighted by Gasteiger charge is 2.03. The lowest BCUT2D eigenvalue weighted by Crippen LogP contribution is -2.16. The van der Waals surface area contributed by atoms with E-state index in [-0.39, 0.29) is 0 Å². The summed E-state index contributed by atoms with van der Waals surface area (Å²) in [5, 5.41) is 10.5. The number of aryl methyl sites for hydroxylation is 1. The summed E-state index contributed by atoms with van der Waals surface area (Å²) in [5.74, 6) is 0. The van der Waals surface area contributed by atoms with Crippen molar-refractivity contribution in [1.29, 1.82) is 0 Å². The summed E-state index contributed by atoms with van der Waals surface area (Å²) < 4.78 is 2.08. The van der Waals surface area contributed by atoms with Gasteiger partial charge in [-0.2, -0.15) is 5.10 Å². The van der Waals surface area contributed by atoms with Crippen LogP contribution in [0.3, 0.4) is 0 Å². The second kappa shape index (κ2) is 6.55. The fraction of sp³-hybridized carbons (Fsp3) is 0.278. The molecule has 0 saturated carbocycles. The molecule has 2 aromatic carbocycles. The van der Waals surface area contributed by atoms with Crippen molar-refractivity contribution in [3.8, 4) is 0 Å². The Kier molecular flexibility index (Phi) is 4.31. The zero-order valence-corrected chi connectivity index (χ0v) is 12.4. The predicted octanol–water partition coefficient (Wildman–Crippen LogP) is 3.74. The van der Waals surface area contributed by atoms with Gasteiger partial charge in [0.2, 0.25) is 0 Å². The summed E-state index contributed by atoms with van der Waals surface area (Å²) >= 11 is 0. The zero-order valence-electron chi connectivity index (χ0n) is 12.4. The fourth-order valence-electron chi connectivity index (χ4n) is 2.70. The lowest BCUT2D eigenvalue weighted by molar-refractivity contribution is 0.550. The van der Waals surface area contributed by atoms with Crippen LogP contribution in [0.1, 0.15) is 24.6 Å². The van der Waals surface area contributed by atoms with E-state index >= 15 is 0 Å². The molecule has 3 rings (SSSR count). The van der Waals surface area contributed by atoms with Crippen molar-refractivity contribution in [2.24, 2.45) is 0 Å². The first kappa shape index (κ1) is 13.8. The van der Waals surface area contributed by atoms with Gasteiger partial charge in [0.15, 0.2) is 0 Å². The van der Waals surface area contributed by atoms with E-state index in [1.807, 2.05) is 6.20 Å². The number of fused-ring (bicyclic) bond motifs is 1. The molecule has 1 aromatic heterocycles. The molecule has 0 saturated heterocycles. The van der Waals surface area contributed by atoms with E-state index in [0.717, 1.165) is 26.1 Å². The maximum absolute atomic E-state index is 4.36. The van der Waals surface area contributed by atoms with Crippen LogP contribution in [-0.4, -0.2) is 9.78 Å². The van der Waals surface area contributed by atoms with Crippen LogP contribution in [-0.2, 0) is 19.6 Å². The van der Waals surface area contributed by atoms with Crippen molar-refractivity contribution in [3.05, 3.63) is 66.0 Å². The molecule has 1 N–H and O–H groups in total. The Morgan fingerprint density at radius 2 is 1.86 bits per heavy atom. The van der Waals surface area contributed by atoms with E-state index < -0.39 is 0 Å². The highest BCUT2D eigenvalue weighted by molar-refractivity contribution is 5.85. The molecular formula is C18H21N3. The summed E-state index contributed by atoms with van der Waals surface area (Å²) in [5.41, 5.74) is 2.59. The normalized spacial score (nSPS) is 11.1. The number of hydrogen-bond donors (Lipinski definition) is 1. The standard InChI is InChI=1S/C18H21N3/c1-2-12-21-17(10-11-20-21)14-19-13-16-8-5-7-15-6-3-4-9-18(15)16/h3-11,19H,2,12-14H2,1H3. The molecule has 0 radical (unpaired) electrons. The maximum atomic E-state index is 4.36. The molecule has 0 amide bonds. The number of benzene rings is 2. The van der Waals surface area contributed by atoms with Crippen molar-refractivity contribution in [2.45, 2.75) is 33.0 Å². The number of nitrogens with zero attached hydrogens (tertiary/aromatic N) is 2. The first-order valence-electron chi connectivity index (χ1n) is 7.56. The second-order valence-corrected chi connectivity index (χ2v) is 5.29. The minimum absolute atomic E-state index is 0.850. The van der Waals surface area contributed by atoms with Gasteiger partial charge in [-0.05, 0) is 28.8 Å². The molecule has 0 fully saturated rings. The van der Waals surface area contributed by atoms with Gasteiger partial charge in [0, 0.05) is 25.8 Å². The SMILES string of the molecule is CCCn1nccc1CNCc1cccc2ccccc12. The third-order valence-corrected chi connectivity index (χ3v) is 3.74. The summed E-state index contributed by atoms with van der Waals surface area (Å²) in [4.78, 5) is 0. The van der Waals surface area contributed by atoms with Crippen LogP contribution in [0.15, 0.2) is 54.7 Å². The molecule has 0 spiro atoms. The molecule has 108 valence electrons. The molecular weight excluding hydrogens is 258 g/mol. The van der Waals surface area contributed by atoms with Gasteiger partial charge in [0.25, 0.3) is 0 Å². The van der Waals surface area contributed by atoms with Crippen molar-refractivity contribution < 1.29 is 0 Å². The summed E-state index contributed by atoms with van der Waals surface area (Å²) in [6.07, 6.45) is 2.99. The van der Waals surface area contributed by atoms with Crippen molar-refractivity contribution in [2.75, 3.05) is 0 Å². The molecule has 1 heterocycles. The summed E-state index contributed by atoms with van der Waals surface area (Å²) in [6, 6.07) is 17.1. The van der Waals surface area contributed by atoms with E-state index in [1.165, 1.54) is 22.0 Å². The van der Waals surface area contributed by atoms with Crippen molar-refractivity contribution >= 4 is 10.8 Å². The van der Waals surface area contributed by atoms with E-state index in [1.54, 1.807) is 0 Å². The monoisotopic (exact) mass is 279 g/mol. The van der Waals surface area contributed by atoms with Gasteiger partial charge in [-0.3, -0.25) is 4.68 Å². The third kappa shape index (κ3) is 3.14. The lowest BCUT2D eigenvalue weighted by Gasteiger charge is -2.10. The zero-order chi connectivity index (χ0) is 14.5. The summed E-state index contributed by atoms with van der Waals surface area (Å²) in [7, 11) is 0. The highest BCUT2D eigenvalue weighted by Crippen LogP contribution is 2.18. The molecule has 0 aliphatic rings. The Hall–Kier alpha value is -2.13. The number of nitrogens with one attached hydrogen (secondary N) is 1. The van der Waals surface area contributed by atoms with E-state index in [9.17, 15) is 0 Å². The van der Waals surface area contributed by atoms with Gasteiger partial charge in [-0.1, -0.05) is 49.4 Å². The van der Waals surface area contributed by atoms with Crippen LogP contribution in [0.4, 0.5) is 0 Å². The average molecular weight is 279 g/mol. The van der Waals surface area contributed by atoms with Gasteiger partial charge in [-0.15, -0.1) is 0 Å². The molecule has 0 bridgehead atoms. The van der Waals surface area contributed by atoms with Gasteiger partial charge in [-0.25, -0.2) is 0 Å². The summed E-state index contributed by atoms with van der Waals surface area (Å²) in [6.45, 7) is 4.88. The van der Waals surface area contributed by atoms with Crippen molar-refractivity contribution in [1.82, 2.24) is 15.1 Å². The van der Waals surface area contributed by atoms with E-state index in [2.05, 4.69) is 70.6 Å². The molecule has 0 unspecified atom stereocenters. The topological polar surface area (TPSA) is 29.9 Å². The number of aromatic nitrogens is 2. The van der Waals surface area contributed by atoms with Gasteiger partial charge in [0.05, 0.1) is 5.69 Å². The first-order valence-corrected chi connectivity index (χ1v) is 7.56. The Labute approximate surface area is 125 Å². The van der Waals surface area contributed by atoms with Gasteiger partial charge >= 0.3 is 0 Å². The van der Waals surface area contributed by atoms with Crippen molar-refractivity contribution in [3.63, 3.8) is 0 Å². The Balaban J connectivity index is 1.68. The predicted molar refractivity (Wildman–Crippen MR) is 87.0 cm³/mol. The molecule has 3 heteroatoms. The largest absolute Gasteiger partial charge is 0.307 e. The number of rotatable bonds is 6.